The number of benzene rings is 13. The van der Waals surface area contributed by atoms with Gasteiger partial charge in [-0.25, -0.2) is 19.2 Å². The molecule has 13 aromatic rings. The van der Waals surface area contributed by atoms with E-state index in [0.29, 0.717) is 24.0 Å². The van der Waals surface area contributed by atoms with E-state index in [2.05, 4.69) is 283 Å². The van der Waals surface area contributed by atoms with Crippen molar-refractivity contribution >= 4 is 99.2 Å². The molecule has 0 saturated heterocycles. The summed E-state index contributed by atoms with van der Waals surface area (Å²) in [5.41, 5.74) is 32.2. The fourth-order valence-electron chi connectivity index (χ4n) is 21.1. The minimum absolute atomic E-state index is 0.000243. The van der Waals surface area contributed by atoms with Crippen molar-refractivity contribution in [1.29, 1.82) is 0 Å². The highest BCUT2D eigenvalue weighted by atomic mass is 16.6. The van der Waals surface area contributed by atoms with Gasteiger partial charge in [-0.15, -0.1) is 0 Å². The van der Waals surface area contributed by atoms with Gasteiger partial charge in [0.1, 0.15) is 0 Å². The largest absolute Gasteiger partial charge is 0.465 e. The molecule has 0 unspecified atom stereocenters. The molecule has 0 spiro atoms. The van der Waals surface area contributed by atoms with E-state index in [1.807, 2.05) is 123 Å². The van der Waals surface area contributed by atoms with Crippen molar-refractivity contribution in [2.45, 2.75) is 243 Å². The second-order valence-electron chi connectivity index (χ2n) is 40.5. The van der Waals surface area contributed by atoms with Gasteiger partial charge < -0.3 is 70.0 Å². The second kappa shape index (κ2) is 48.6. The van der Waals surface area contributed by atoms with Crippen LogP contribution >= 0.6 is 0 Å². The van der Waals surface area contributed by atoms with Crippen LogP contribution in [0.25, 0.3) is 55.6 Å². The Bertz CT molecular complexity index is 6930. The number of hydrogen-bond donors (Lipinski definition) is 5. The molecule has 7 amide bonds. The van der Waals surface area contributed by atoms with Crippen molar-refractivity contribution in [1.82, 2.24) is 10.6 Å². The Morgan fingerprint density at radius 2 is 0.490 bits per heavy atom. The van der Waals surface area contributed by atoms with Crippen molar-refractivity contribution in [3.63, 3.8) is 0 Å². The number of fused-ring (bicyclic) bond motifs is 5. The first-order valence-electron chi connectivity index (χ1n) is 51.4. The van der Waals surface area contributed by atoms with Crippen molar-refractivity contribution in [3.8, 4) is 55.6 Å². The molecule has 23 heteroatoms. The number of hydrogen-bond acceptors (Lipinski definition) is 16. The lowest BCUT2D eigenvalue weighted by Crippen LogP contribution is -2.45. The standard InChI is InChI=1S/2C27H28N2O3.C26H28N2O.2C23H28N2O3/c1-17-7-5-8-20(13-17)21-11-12-26-24(16-21)25(14-18(2)29(26)19(3)30)28-23-10-6-9-22(15-23)27(31)32-4;1-17-6-5-7-21(14-17)22-10-13-26-24(16-22)25(15-18(2)29(26)19(3)30)28-23-11-8-20(9-12-23)27(31)32-4;1-17-8-11-23(12-9-17)27-25-15-19(3)28(20(4)29)26-13-10-22(16-24(25)26)21-7-5-6-18(2)14-21;2*1-14(2)28-23(27)24-21-12-16(4)25(17(5)26)22-10-9-19(13-20(21)22)18-8-6-7-15(3)11-18/h5-13,15-16,18,25,28H,14H2,1-4H3;5-14,16,18,25,28H,15H2,1-4H3;5-14,16,19,25,27H,15H2,1-4H3;2*6-11,13-14,16,21H,12H2,1-5H3,(H,24,27)/t2*18-,25+;19-,25+;2*16-,21+/m00000/s1. The number of methoxy groups -OCH3 is 2. The van der Waals surface area contributed by atoms with Gasteiger partial charge in [0.25, 0.3) is 0 Å². The van der Waals surface area contributed by atoms with Crippen molar-refractivity contribution in [3.05, 3.63) is 357 Å². The molecule has 5 aliphatic rings. The first-order chi connectivity index (χ1) is 71.2. The molecule has 23 nitrogen and oxygen atoms in total. The van der Waals surface area contributed by atoms with Crippen LogP contribution in [-0.2, 0) is 42.9 Å². The lowest BCUT2D eigenvalue weighted by molar-refractivity contribution is -0.118. The van der Waals surface area contributed by atoms with E-state index < -0.39 is 12.2 Å². The zero-order valence-corrected chi connectivity index (χ0v) is 89.6. The van der Waals surface area contributed by atoms with E-state index in [1.54, 1.807) is 68.7 Å². The molecule has 5 N–H and O–H groups in total. The number of nitrogens with zero attached hydrogens (tertiary/aromatic N) is 5. The molecule has 18 rings (SSSR count). The average Bonchev–Trinajstić information content (AvgIpc) is 0.781. The summed E-state index contributed by atoms with van der Waals surface area (Å²) in [6, 6.07) is 96.4. The lowest BCUT2D eigenvalue weighted by atomic mass is 9.88. The quantitative estimate of drug-likeness (QED) is 0.0419. The molecule has 0 aliphatic carbocycles. The molecule has 13 aromatic carbocycles. The van der Waals surface area contributed by atoms with Crippen molar-refractivity contribution < 1.29 is 62.1 Å². The first kappa shape index (κ1) is 109. The minimum Gasteiger partial charge on any atom is -0.465 e. The van der Waals surface area contributed by atoms with E-state index in [-0.39, 0.29) is 114 Å². The smallest absolute Gasteiger partial charge is 0.407 e. The van der Waals surface area contributed by atoms with Crippen molar-refractivity contribution in [2.24, 2.45) is 0 Å². The SMILES string of the molecule is CC(=O)N1c2ccc(-c3cccc(C)c3)cc2[C@H](NC(=O)OC(C)C)C[C@@H]1C.CC(=O)N1c2ccc(-c3cccc(C)c3)cc2[C@H](NC(=O)OC(C)C)C[C@@H]1C.CC(=O)N1c2ccc(-c3cccc(C)c3)cc2[C@H](Nc2ccc(C)cc2)C[C@@H]1C.COC(=O)c1ccc(N[C@@H]2C[C@H](C)N(C(C)=O)c3ccc(-c4cccc(C)c4)cc32)cc1.COC(=O)c1cccc(N[C@@H]2C[C@H](C)N(C(C)=O)c3ccc(-c4cccc(C)c4)cc32)c1. The number of carbonyl (C=O) groups excluding carboxylic acids is 9. The summed E-state index contributed by atoms with van der Waals surface area (Å²) in [4.78, 5) is 119. The van der Waals surface area contributed by atoms with E-state index in [4.69, 9.17) is 18.9 Å². The van der Waals surface area contributed by atoms with Gasteiger partial charge in [-0.1, -0.05) is 203 Å². The third kappa shape index (κ3) is 26.7. The fourth-order valence-corrected chi connectivity index (χ4v) is 21.1. The van der Waals surface area contributed by atoms with Crippen LogP contribution in [0.1, 0.15) is 241 Å². The van der Waals surface area contributed by atoms with E-state index in [1.165, 1.54) is 64.3 Å². The summed E-state index contributed by atoms with van der Waals surface area (Å²) < 4.78 is 20.2. The predicted molar refractivity (Wildman–Crippen MR) is 600 cm³/mol. The van der Waals surface area contributed by atoms with Crippen LogP contribution in [-0.4, -0.2) is 110 Å². The molecule has 5 aliphatic heterocycles. The number of esters is 2. The summed E-state index contributed by atoms with van der Waals surface area (Å²) in [6.45, 7) is 38.1. The van der Waals surface area contributed by atoms with Gasteiger partial charge in [0, 0.05) is 110 Å². The number of rotatable bonds is 17. The van der Waals surface area contributed by atoms with Crippen LogP contribution in [0.3, 0.4) is 0 Å². The van der Waals surface area contributed by atoms with Gasteiger partial charge in [-0.05, 0) is 335 Å². The number of anilines is 8. The molecule has 0 bridgehead atoms. The predicted octanol–water partition coefficient (Wildman–Crippen LogP) is 27.7. The van der Waals surface area contributed by atoms with Crippen LogP contribution < -0.4 is 51.1 Å². The number of amides is 7. The van der Waals surface area contributed by atoms with Crippen LogP contribution in [0.4, 0.5) is 55.1 Å². The summed E-state index contributed by atoms with van der Waals surface area (Å²) in [7, 11) is 2.76. The van der Waals surface area contributed by atoms with Gasteiger partial charge in [-0.3, -0.25) is 24.0 Å². The monoisotopic (exact) mass is 2000 g/mol. The van der Waals surface area contributed by atoms with E-state index in [0.717, 1.165) is 132 Å². The molecule has 5 heterocycles. The third-order valence-electron chi connectivity index (χ3n) is 27.8. The van der Waals surface area contributed by atoms with Gasteiger partial charge in [0.05, 0.1) is 67.8 Å². The van der Waals surface area contributed by atoms with Gasteiger partial charge in [0.2, 0.25) is 29.5 Å². The van der Waals surface area contributed by atoms with Gasteiger partial charge >= 0.3 is 24.1 Å². The highest BCUT2D eigenvalue weighted by Crippen LogP contribution is 2.48. The summed E-state index contributed by atoms with van der Waals surface area (Å²) in [5.74, 6) is -0.545. The topological polar surface area (TPSA) is 267 Å². The summed E-state index contributed by atoms with van der Waals surface area (Å²) >= 11 is 0. The third-order valence-corrected chi connectivity index (χ3v) is 27.8. The Hall–Kier alpha value is -15.9. The minimum atomic E-state index is -0.435. The molecule has 0 radical (unpaired) electrons. The lowest BCUT2D eigenvalue weighted by Gasteiger charge is -2.40. The molecule has 10 atom stereocenters. The molecular weight excluding hydrogens is 1860 g/mol. The number of alkyl carbamates (subject to hydrolysis) is 2. The Kier molecular flexibility index (Phi) is 35.5. The Labute approximate surface area is 877 Å². The van der Waals surface area contributed by atoms with Crippen LogP contribution in [0.5, 0.6) is 0 Å². The normalized spacial score (nSPS) is 18.0. The number of aryl methyl sites for hydroxylation is 6. The van der Waals surface area contributed by atoms with Crippen LogP contribution in [0.2, 0.25) is 0 Å². The Morgan fingerprint density at radius 1 is 0.255 bits per heavy atom. The molecular formula is C126H140N10O13. The Morgan fingerprint density at radius 3 is 0.745 bits per heavy atom. The van der Waals surface area contributed by atoms with Crippen molar-refractivity contribution in [2.75, 3.05) is 54.7 Å². The summed E-state index contributed by atoms with van der Waals surface area (Å²) in [5, 5.41) is 16.9. The fraction of sp³-hybridized carbons (Fsp3) is 0.310. The molecule has 772 valence electrons. The van der Waals surface area contributed by atoms with Crippen LogP contribution in [0, 0.1) is 41.5 Å². The maximum absolute atomic E-state index is 12.4. The molecule has 0 saturated carbocycles. The molecule has 149 heavy (non-hydrogen) atoms. The number of nitrogens with one attached hydrogen (secondary N) is 5. The highest BCUT2D eigenvalue weighted by molar-refractivity contribution is 5.99. The zero-order chi connectivity index (χ0) is 107. The van der Waals surface area contributed by atoms with E-state index in [9.17, 15) is 43.2 Å². The second-order valence-corrected chi connectivity index (χ2v) is 40.5. The highest BCUT2D eigenvalue weighted by Gasteiger charge is 2.40. The summed E-state index contributed by atoms with van der Waals surface area (Å²) in [6.07, 6.45) is 2.44. The van der Waals surface area contributed by atoms with Gasteiger partial charge in [0.15, 0.2) is 0 Å². The van der Waals surface area contributed by atoms with Crippen LogP contribution in [0.15, 0.2) is 285 Å². The maximum atomic E-state index is 12.4. The average molecular weight is 2000 g/mol. The number of carbonyl (C=O) groups is 9. The Balaban J connectivity index is 0.000000147. The molecule has 0 fully saturated rings. The zero-order valence-electron chi connectivity index (χ0n) is 89.6. The van der Waals surface area contributed by atoms with Gasteiger partial charge in [-0.2, -0.15) is 0 Å². The maximum Gasteiger partial charge on any atom is 0.407 e. The number of ether oxygens (including phenoxy) is 4. The molecule has 0 aromatic heterocycles. The first-order valence-corrected chi connectivity index (χ1v) is 51.4. The van der Waals surface area contributed by atoms with E-state index >= 15 is 0 Å².